The lowest BCUT2D eigenvalue weighted by Gasteiger charge is -2.07. The second kappa shape index (κ2) is 7.81. The molecule has 140 valence electrons. The number of ketones is 1. The number of hydrogen-bond donors (Lipinski definition) is 1. The molecule has 0 saturated heterocycles. The first-order valence-electron chi connectivity index (χ1n) is 8.37. The number of rotatable bonds is 7. The fourth-order valence-corrected chi connectivity index (χ4v) is 2.73. The van der Waals surface area contributed by atoms with Crippen molar-refractivity contribution in [2.45, 2.75) is 20.8 Å². The van der Waals surface area contributed by atoms with Crippen LogP contribution in [-0.4, -0.2) is 50.2 Å². The maximum atomic E-state index is 12.5. The zero-order chi connectivity index (χ0) is 19.4. The number of aromatic amines is 1. The van der Waals surface area contributed by atoms with E-state index in [9.17, 15) is 9.59 Å². The van der Waals surface area contributed by atoms with Gasteiger partial charge in [-0.15, -0.1) is 5.10 Å². The standard InChI is InChI=1S/C18H19N5O4/c1-4-26-18(25)16-11(2)17(20-12(16)3)15(24)9-27-14-7-5-13(6-8-14)23-10-19-21-22-23/h5-8,10,20H,4,9H2,1-3H3. The summed E-state index contributed by atoms with van der Waals surface area (Å²) in [6.07, 6.45) is 1.48. The summed E-state index contributed by atoms with van der Waals surface area (Å²) in [6, 6.07) is 7.00. The van der Waals surface area contributed by atoms with Crippen LogP contribution in [0.1, 0.15) is 39.0 Å². The van der Waals surface area contributed by atoms with Crippen LogP contribution >= 0.6 is 0 Å². The zero-order valence-corrected chi connectivity index (χ0v) is 15.2. The molecule has 0 fully saturated rings. The van der Waals surface area contributed by atoms with Gasteiger partial charge in [0.1, 0.15) is 12.1 Å². The van der Waals surface area contributed by atoms with Gasteiger partial charge in [0, 0.05) is 5.69 Å². The smallest absolute Gasteiger partial charge is 0.340 e. The number of aryl methyl sites for hydroxylation is 1. The Hall–Kier alpha value is -3.49. The molecule has 3 rings (SSSR count). The molecule has 0 saturated carbocycles. The van der Waals surface area contributed by atoms with Gasteiger partial charge in [0.2, 0.25) is 5.78 Å². The van der Waals surface area contributed by atoms with Gasteiger partial charge in [-0.2, -0.15) is 0 Å². The van der Waals surface area contributed by atoms with E-state index < -0.39 is 5.97 Å². The SMILES string of the molecule is CCOC(=O)c1c(C)[nH]c(C(=O)COc2ccc(-n3cnnn3)cc2)c1C. The minimum Gasteiger partial charge on any atom is -0.485 e. The molecule has 0 bridgehead atoms. The van der Waals surface area contributed by atoms with Gasteiger partial charge in [-0.3, -0.25) is 4.79 Å². The van der Waals surface area contributed by atoms with Gasteiger partial charge >= 0.3 is 5.97 Å². The van der Waals surface area contributed by atoms with Crippen LogP contribution in [0.4, 0.5) is 0 Å². The fourth-order valence-electron chi connectivity index (χ4n) is 2.73. The van der Waals surface area contributed by atoms with Gasteiger partial charge in [-0.05, 0) is 61.0 Å². The lowest BCUT2D eigenvalue weighted by molar-refractivity contribution is 0.0525. The molecule has 9 heteroatoms. The number of nitrogens with one attached hydrogen (secondary N) is 1. The summed E-state index contributed by atoms with van der Waals surface area (Å²) in [4.78, 5) is 27.5. The van der Waals surface area contributed by atoms with Gasteiger partial charge in [-0.25, -0.2) is 9.48 Å². The Balaban J connectivity index is 1.67. The predicted octanol–water partition coefficient (Wildman–Crippen LogP) is 2.05. The summed E-state index contributed by atoms with van der Waals surface area (Å²) >= 11 is 0. The van der Waals surface area contributed by atoms with E-state index in [1.165, 1.54) is 11.0 Å². The molecule has 2 aromatic heterocycles. The highest BCUT2D eigenvalue weighted by Gasteiger charge is 2.23. The number of tetrazole rings is 1. The number of Topliss-reactive ketones (excluding diaryl/α,β-unsaturated/α-hetero) is 1. The molecule has 0 aliphatic rings. The van der Waals surface area contributed by atoms with Crippen LogP contribution in [0.2, 0.25) is 0 Å². The molecule has 0 atom stereocenters. The Morgan fingerprint density at radius 1 is 1.19 bits per heavy atom. The quantitative estimate of drug-likeness (QED) is 0.501. The number of nitrogens with zero attached hydrogens (tertiary/aromatic N) is 4. The van der Waals surface area contributed by atoms with Gasteiger partial charge in [0.15, 0.2) is 6.61 Å². The molecule has 3 aromatic rings. The maximum Gasteiger partial charge on any atom is 0.340 e. The van der Waals surface area contributed by atoms with E-state index in [1.807, 2.05) is 0 Å². The third-order valence-electron chi connectivity index (χ3n) is 4.02. The summed E-state index contributed by atoms with van der Waals surface area (Å²) in [5.74, 6) is -0.163. The largest absolute Gasteiger partial charge is 0.485 e. The summed E-state index contributed by atoms with van der Waals surface area (Å²) < 4.78 is 12.1. The Morgan fingerprint density at radius 2 is 1.93 bits per heavy atom. The van der Waals surface area contributed by atoms with Crippen molar-refractivity contribution in [2.75, 3.05) is 13.2 Å². The molecule has 1 aromatic carbocycles. The van der Waals surface area contributed by atoms with Crippen LogP contribution in [-0.2, 0) is 4.74 Å². The lowest BCUT2D eigenvalue weighted by atomic mass is 10.1. The number of H-pyrrole nitrogens is 1. The Kier molecular flexibility index (Phi) is 5.30. The molecule has 9 nitrogen and oxygen atoms in total. The van der Waals surface area contributed by atoms with Gasteiger partial charge in [0.25, 0.3) is 0 Å². The average Bonchev–Trinajstić information content (AvgIpc) is 3.28. The number of carbonyl (C=O) groups excluding carboxylic acids is 2. The van der Waals surface area contributed by atoms with E-state index in [0.29, 0.717) is 28.3 Å². The highest BCUT2D eigenvalue weighted by atomic mass is 16.5. The minimum absolute atomic E-state index is 0.159. The summed E-state index contributed by atoms with van der Waals surface area (Å²) in [5, 5.41) is 10.9. The number of aromatic nitrogens is 5. The topological polar surface area (TPSA) is 112 Å². The third kappa shape index (κ3) is 3.86. The van der Waals surface area contributed by atoms with Crippen molar-refractivity contribution in [3.8, 4) is 11.4 Å². The monoisotopic (exact) mass is 369 g/mol. The second-order valence-corrected chi connectivity index (χ2v) is 5.81. The highest BCUT2D eigenvalue weighted by Crippen LogP contribution is 2.20. The van der Waals surface area contributed by atoms with Crippen LogP contribution < -0.4 is 4.74 Å². The molecule has 0 aliphatic heterocycles. The molecular weight excluding hydrogens is 350 g/mol. The van der Waals surface area contributed by atoms with Gasteiger partial charge in [-0.1, -0.05) is 0 Å². The highest BCUT2D eigenvalue weighted by molar-refractivity contribution is 6.02. The van der Waals surface area contributed by atoms with E-state index in [0.717, 1.165) is 5.69 Å². The first-order valence-corrected chi connectivity index (χ1v) is 8.37. The Bertz CT molecular complexity index is 945. The lowest BCUT2D eigenvalue weighted by Crippen LogP contribution is -2.14. The summed E-state index contributed by atoms with van der Waals surface area (Å²) in [5.41, 5.74) is 2.68. The van der Waals surface area contributed by atoms with E-state index in [-0.39, 0.29) is 19.0 Å². The molecule has 0 unspecified atom stereocenters. The molecule has 0 amide bonds. The Morgan fingerprint density at radius 3 is 2.56 bits per heavy atom. The van der Waals surface area contributed by atoms with Crippen LogP contribution in [0.3, 0.4) is 0 Å². The van der Waals surface area contributed by atoms with Crippen molar-refractivity contribution >= 4 is 11.8 Å². The molecule has 27 heavy (non-hydrogen) atoms. The second-order valence-electron chi connectivity index (χ2n) is 5.81. The van der Waals surface area contributed by atoms with E-state index in [2.05, 4.69) is 20.5 Å². The van der Waals surface area contributed by atoms with Crippen LogP contribution in [0.15, 0.2) is 30.6 Å². The van der Waals surface area contributed by atoms with E-state index >= 15 is 0 Å². The summed E-state index contributed by atoms with van der Waals surface area (Å²) in [6.45, 7) is 5.29. The molecule has 1 N–H and O–H groups in total. The number of benzene rings is 1. The van der Waals surface area contributed by atoms with Crippen LogP contribution in [0.25, 0.3) is 5.69 Å². The van der Waals surface area contributed by atoms with E-state index in [1.54, 1.807) is 45.0 Å². The van der Waals surface area contributed by atoms with Crippen molar-refractivity contribution in [1.29, 1.82) is 0 Å². The first-order chi connectivity index (χ1) is 13.0. The predicted molar refractivity (Wildman–Crippen MR) is 95.2 cm³/mol. The number of hydrogen-bond acceptors (Lipinski definition) is 7. The average molecular weight is 369 g/mol. The van der Waals surface area contributed by atoms with Crippen molar-refractivity contribution in [2.24, 2.45) is 0 Å². The normalized spacial score (nSPS) is 10.6. The molecular formula is C18H19N5O4. The number of ether oxygens (including phenoxy) is 2. The van der Waals surface area contributed by atoms with Crippen molar-refractivity contribution in [3.63, 3.8) is 0 Å². The fraction of sp³-hybridized carbons (Fsp3) is 0.278. The van der Waals surface area contributed by atoms with Crippen LogP contribution in [0.5, 0.6) is 5.75 Å². The molecule has 0 radical (unpaired) electrons. The number of carbonyl (C=O) groups is 2. The van der Waals surface area contributed by atoms with Gasteiger partial charge < -0.3 is 14.5 Å². The van der Waals surface area contributed by atoms with Crippen molar-refractivity contribution in [1.82, 2.24) is 25.2 Å². The van der Waals surface area contributed by atoms with Gasteiger partial charge in [0.05, 0.1) is 23.6 Å². The molecule has 0 aliphatic carbocycles. The maximum absolute atomic E-state index is 12.5. The third-order valence-corrected chi connectivity index (χ3v) is 4.02. The molecule has 0 spiro atoms. The van der Waals surface area contributed by atoms with Crippen molar-refractivity contribution < 1.29 is 19.1 Å². The van der Waals surface area contributed by atoms with Crippen molar-refractivity contribution in [3.05, 3.63) is 53.1 Å². The Labute approximate surface area is 155 Å². The van der Waals surface area contributed by atoms with E-state index in [4.69, 9.17) is 9.47 Å². The first kappa shape index (κ1) is 18.3. The number of esters is 1. The van der Waals surface area contributed by atoms with Crippen LogP contribution in [0, 0.1) is 13.8 Å². The summed E-state index contributed by atoms with van der Waals surface area (Å²) in [7, 11) is 0. The minimum atomic E-state index is -0.443. The molecule has 2 heterocycles. The zero-order valence-electron chi connectivity index (χ0n) is 15.2.